The number of methoxy groups -OCH3 is 1. The lowest BCUT2D eigenvalue weighted by Crippen LogP contribution is -2.36. The van der Waals surface area contributed by atoms with Gasteiger partial charge in [-0.2, -0.15) is 0 Å². The molecule has 1 aliphatic heterocycles. The van der Waals surface area contributed by atoms with Crippen molar-refractivity contribution >= 4 is 34.4 Å². The van der Waals surface area contributed by atoms with Crippen LogP contribution in [0.25, 0.3) is 11.3 Å². The van der Waals surface area contributed by atoms with Gasteiger partial charge < -0.3 is 35.4 Å². The molecule has 4 aromatic rings. The van der Waals surface area contributed by atoms with E-state index >= 15 is 0 Å². The summed E-state index contributed by atoms with van der Waals surface area (Å²) in [5, 5.41) is 19.6. The van der Waals surface area contributed by atoms with Crippen LogP contribution in [0.3, 0.4) is 0 Å². The van der Waals surface area contributed by atoms with E-state index in [1.807, 2.05) is 24.3 Å². The third-order valence-corrected chi connectivity index (χ3v) is 6.37. The Labute approximate surface area is 232 Å². The van der Waals surface area contributed by atoms with Crippen molar-refractivity contribution in [3.63, 3.8) is 0 Å². The van der Waals surface area contributed by atoms with Gasteiger partial charge in [0.1, 0.15) is 17.8 Å². The Morgan fingerprint density at radius 1 is 1.02 bits per heavy atom. The number of hydrogen-bond acceptors (Lipinski definition) is 9. The van der Waals surface area contributed by atoms with Crippen LogP contribution in [0.15, 0.2) is 85.6 Å². The summed E-state index contributed by atoms with van der Waals surface area (Å²) in [6, 6.07) is 19.7. The van der Waals surface area contributed by atoms with E-state index in [2.05, 4.69) is 44.5 Å². The number of anilines is 6. The highest BCUT2D eigenvalue weighted by Gasteiger charge is 2.16. The lowest BCUT2D eigenvalue weighted by atomic mass is 10.1. The number of benzene rings is 3. The van der Waals surface area contributed by atoms with Gasteiger partial charge in [0.25, 0.3) is 0 Å². The van der Waals surface area contributed by atoms with Crippen molar-refractivity contribution in [3.8, 4) is 17.0 Å². The Morgan fingerprint density at radius 3 is 2.55 bits per heavy atom. The summed E-state index contributed by atoms with van der Waals surface area (Å²) in [5.41, 5.74) is 4.87. The fraction of sp³-hybridized carbons (Fsp3) is 0.200. The summed E-state index contributed by atoms with van der Waals surface area (Å²) in [5.74, 6) is 0.562. The highest BCUT2D eigenvalue weighted by atomic mass is 19.1. The molecular formula is C30H31FN6O3. The monoisotopic (exact) mass is 542 g/mol. The number of aromatic nitrogens is 2. The lowest BCUT2D eigenvalue weighted by Gasteiger charge is -2.29. The lowest BCUT2D eigenvalue weighted by molar-refractivity contribution is 0.122. The van der Waals surface area contributed by atoms with Crippen molar-refractivity contribution in [3.05, 3.63) is 91.4 Å². The van der Waals surface area contributed by atoms with Crippen molar-refractivity contribution in [2.24, 2.45) is 0 Å². The van der Waals surface area contributed by atoms with E-state index in [4.69, 9.17) is 14.5 Å². The molecule has 1 aromatic heterocycles. The second-order valence-corrected chi connectivity index (χ2v) is 9.11. The number of morpholine rings is 1. The van der Waals surface area contributed by atoms with E-state index in [0.717, 1.165) is 24.5 Å². The number of aliphatic hydroxyl groups is 1. The van der Waals surface area contributed by atoms with Gasteiger partial charge in [-0.15, -0.1) is 0 Å². The summed E-state index contributed by atoms with van der Waals surface area (Å²) in [4.78, 5) is 11.6. The maximum atomic E-state index is 13.9. The van der Waals surface area contributed by atoms with Crippen LogP contribution in [-0.4, -0.2) is 54.7 Å². The quantitative estimate of drug-likeness (QED) is 0.152. The maximum absolute atomic E-state index is 13.9. The molecule has 0 bridgehead atoms. The van der Waals surface area contributed by atoms with Crippen LogP contribution in [-0.2, 0) is 4.74 Å². The van der Waals surface area contributed by atoms with Crippen molar-refractivity contribution in [1.82, 2.24) is 9.97 Å². The highest BCUT2D eigenvalue weighted by molar-refractivity contribution is 5.81. The predicted octanol–water partition coefficient (Wildman–Crippen LogP) is 5.53. The molecule has 1 fully saturated rings. The van der Waals surface area contributed by atoms with Gasteiger partial charge in [-0.3, -0.25) is 0 Å². The third-order valence-electron chi connectivity index (χ3n) is 6.37. The first-order valence-corrected chi connectivity index (χ1v) is 12.9. The summed E-state index contributed by atoms with van der Waals surface area (Å²) < 4.78 is 24.9. The van der Waals surface area contributed by atoms with Crippen molar-refractivity contribution in [1.29, 1.82) is 0 Å². The minimum absolute atomic E-state index is 0.361. The van der Waals surface area contributed by atoms with Gasteiger partial charge in [0, 0.05) is 35.7 Å². The van der Waals surface area contributed by atoms with Crippen LogP contribution in [0.4, 0.5) is 38.8 Å². The fourth-order valence-electron chi connectivity index (χ4n) is 4.39. The first kappa shape index (κ1) is 26.9. The molecule has 1 atom stereocenters. The minimum Gasteiger partial charge on any atom is -0.495 e. The standard InChI is InChI=1S/C30H31FN6O3/c1-3-28(38)35-25-16-20(10-11-27(25)39-2)29-26(33-22-7-4-6-21(31)17-22)19-32-30(36-29)34-23-8-5-9-24(18-23)37-12-14-40-15-13-37/h3-11,16-19,28,33,35,38H,1,12-15H2,2H3,(H,32,34,36). The molecule has 0 amide bonds. The predicted molar refractivity (Wildman–Crippen MR) is 156 cm³/mol. The molecule has 0 aliphatic carbocycles. The number of nitrogens with zero attached hydrogens (tertiary/aromatic N) is 3. The largest absolute Gasteiger partial charge is 0.495 e. The molecule has 9 nitrogen and oxygen atoms in total. The van der Waals surface area contributed by atoms with Crippen LogP contribution < -0.4 is 25.6 Å². The molecule has 0 spiro atoms. The molecule has 5 rings (SSSR count). The average Bonchev–Trinajstić information content (AvgIpc) is 2.98. The summed E-state index contributed by atoms with van der Waals surface area (Å²) in [6.07, 6.45) is 2.05. The first-order chi connectivity index (χ1) is 19.5. The third kappa shape index (κ3) is 6.48. The number of rotatable bonds is 10. The molecule has 1 unspecified atom stereocenters. The zero-order chi connectivity index (χ0) is 27.9. The molecule has 1 aliphatic rings. The highest BCUT2D eigenvalue weighted by Crippen LogP contribution is 2.35. The first-order valence-electron chi connectivity index (χ1n) is 12.9. The zero-order valence-corrected chi connectivity index (χ0v) is 22.1. The Hall–Kier alpha value is -4.67. The Kier molecular flexibility index (Phi) is 8.38. The molecule has 206 valence electrons. The van der Waals surface area contributed by atoms with Gasteiger partial charge in [0.2, 0.25) is 5.95 Å². The number of nitrogens with one attached hydrogen (secondary N) is 3. The molecule has 40 heavy (non-hydrogen) atoms. The van der Waals surface area contributed by atoms with Gasteiger partial charge in [0.05, 0.1) is 43.6 Å². The van der Waals surface area contributed by atoms with Gasteiger partial charge in [0.15, 0.2) is 0 Å². The normalized spacial score (nSPS) is 13.8. The maximum Gasteiger partial charge on any atom is 0.227 e. The molecule has 3 aromatic carbocycles. The SMILES string of the molecule is C=CC(O)Nc1cc(-c2nc(Nc3cccc(N4CCOCC4)c3)ncc2Nc2cccc(F)c2)ccc1OC. The van der Waals surface area contributed by atoms with Gasteiger partial charge in [-0.25, -0.2) is 14.4 Å². The van der Waals surface area contributed by atoms with E-state index in [1.54, 1.807) is 31.5 Å². The second-order valence-electron chi connectivity index (χ2n) is 9.11. The second kappa shape index (κ2) is 12.5. The van der Waals surface area contributed by atoms with E-state index < -0.39 is 6.23 Å². The van der Waals surface area contributed by atoms with Gasteiger partial charge in [-0.1, -0.05) is 18.7 Å². The van der Waals surface area contributed by atoms with Crippen LogP contribution in [0.2, 0.25) is 0 Å². The summed E-state index contributed by atoms with van der Waals surface area (Å²) >= 11 is 0. The Bertz CT molecular complexity index is 1480. The molecular weight excluding hydrogens is 511 g/mol. The van der Waals surface area contributed by atoms with Crippen LogP contribution in [0.5, 0.6) is 5.75 Å². The average molecular weight is 543 g/mol. The van der Waals surface area contributed by atoms with Gasteiger partial charge >= 0.3 is 0 Å². The van der Waals surface area contributed by atoms with Crippen molar-refractivity contribution in [2.75, 3.05) is 54.3 Å². The number of ether oxygens (including phenoxy) is 2. The van der Waals surface area contributed by atoms with Crippen molar-refractivity contribution < 1.29 is 19.0 Å². The van der Waals surface area contributed by atoms with Crippen LogP contribution in [0.1, 0.15) is 0 Å². The smallest absolute Gasteiger partial charge is 0.227 e. The van der Waals surface area contributed by atoms with E-state index in [1.165, 1.54) is 18.2 Å². The summed E-state index contributed by atoms with van der Waals surface area (Å²) in [7, 11) is 1.55. The summed E-state index contributed by atoms with van der Waals surface area (Å²) in [6.45, 7) is 6.68. The van der Waals surface area contributed by atoms with Crippen LogP contribution >= 0.6 is 0 Å². The Balaban J connectivity index is 1.51. The number of hydrogen-bond donors (Lipinski definition) is 4. The molecule has 10 heteroatoms. The molecule has 2 heterocycles. The Morgan fingerprint density at radius 2 is 1.80 bits per heavy atom. The zero-order valence-electron chi connectivity index (χ0n) is 22.1. The molecule has 4 N–H and O–H groups in total. The number of halogens is 1. The topological polar surface area (TPSA) is 104 Å². The van der Waals surface area contributed by atoms with Crippen LogP contribution in [0, 0.1) is 5.82 Å². The molecule has 0 saturated carbocycles. The van der Waals surface area contributed by atoms with E-state index in [0.29, 0.717) is 53.2 Å². The minimum atomic E-state index is -0.976. The van der Waals surface area contributed by atoms with Crippen molar-refractivity contribution in [2.45, 2.75) is 6.23 Å². The van der Waals surface area contributed by atoms with Gasteiger partial charge in [-0.05, 0) is 60.7 Å². The fourth-order valence-corrected chi connectivity index (χ4v) is 4.39. The molecule has 1 saturated heterocycles. The molecule has 0 radical (unpaired) electrons. The number of aliphatic hydroxyl groups excluding tert-OH is 1. The van der Waals surface area contributed by atoms with E-state index in [9.17, 15) is 9.50 Å². The van der Waals surface area contributed by atoms with E-state index in [-0.39, 0.29) is 5.82 Å².